The van der Waals surface area contributed by atoms with Gasteiger partial charge in [-0.15, -0.1) is 22.7 Å². The molecule has 1 aliphatic rings. The van der Waals surface area contributed by atoms with Gasteiger partial charge in [0.05, 0.1) is 0 Å². The number of hydrogen-bond acceptors (Lipinski definition) is 2. The molecule has 0 N–H and O–H groups in total. The summed E-state index contributed by atoms with van der Waals surface area (Å²) in [5.74, 6) is 0. The van der Waals surface area contributed by atoms with E-state index in [1.807, 2.05) is 22.7 Å². The highest BCUT2D eigenvalue weighted by Gasteiger charge is 2.42. The van der Waals surface area contributed by atoms with Gasteiger partial charge in [-0.2, -0.15) is 0 Å². The Morgan fingerprint density at radius 1 is 0.524 bits per heavy atom. The lowest BCUT2D eigenvalue weighted by atomic mass is 9.70. The van der Waals surface area contributed by atoms with Gasteiger partial charge in [0.1, 0.15) is 0 Å². The van der Waals surface area contributed by atoms with Crippen LogP contribution in [0.15, 0.2) is 60.7 Å². The molecule has 0 spiro atoms. The fraction of sp³-hybridized carbons (Fsp3) is 0.500. The Bertz CT molecular complexity index is 1380. The van der Waals surface area contributed by atoms with Gasteiger partial charge in [0, 0.05) is 24.9 Å². The van der Waals surface area contributed by atoms with Crippen molar-refractivity contribution >= 4 is 22.7 Å². The molecular formula is C40H54S2. The van der Waals surface area contributed by atoms with Gasteiger partial charge in [-0.1, -0.05) is 134 Å². The van der Waals surface area contributed by atoms with Crippen molar-refractivity contribution in [1.82, 2.24) is 0 Å². The van der Waals surface area contributed by atoms with Crippen molar-refractivity contribution in [2.75, 3.05) is 0 Å². The van der Waals surface area contributed by atoms with Crippen LogP contribution < -0.4 is 0 Å². The quantitative estimate of drug-likeness (QED) is 0.113. The Balaban J connectivity index is 0.00000405. The van der Waals surface area contributed by atoms with Crippen LogP contribution in [0.25, 0.3) is 31.3 Å². The second-order valence-electron chi connectivity index (χ2n) is 12.5. The van der Waals surface area contributed by atoms with E-state index in [-0.39, 0.29) is 12.8 Å². The van der Waals surface area contributed by atoms with Gasteiger partial charge < -0.3 is 0 Å². The average molecular weight is 599 g/mol. The zero-order valence-corrected chi connectivity index (χ0v) is 27.6. The lowest BCUT2D eigenvalue weighted by Crippen LogP contribution is -2.25. The molecular weight excluding hydrogens is 545 g/mol. The molecule has 0 saturated heterocycles. The van der Waals surface area contributed by atoms with Gasteiger partial charge in [0.2, 0.25) is 0 Å². The number of aryl methyl sites for hydroxylation is 2. The lowest BCUT2D eigenvalue weighted by Gasteiger charge is -2.33. The molecule has 0 radical (unpaired) electrons. The summed E-state index contributed by atoms with van der Waals surface area (Å²) in [4.78, 5) is 5.56. The first-order valence-electron chi connectivity index (χ1n) is 16.5. The third-order valence-corrected chi connectivity index (χ3v) is 11.6. The van der Waals surface area contributed by atoms with E-state index in [0.717, 1.165) is 0 Å². The van der Waals surface area contributed by atoms with Crippen LogP contribution in [0.2, 0.25) is 0 Å². The number of hydrogen-bond donors (Lipinski definition) is 0. The molecule has 0 amide bonds. The molecule has 226 valence electrons. The molecule has 2 aromatic carbocycles. The third-order valence-electron chi connectivity index (χ3n) is 9.30. The molecule has 1 aliphatic carbocycles. The Morgan fingerprint density at radius 3 is 1.67 bits per heavy atom. The standard InChI is InChI=1S/C39H50S2.CH4/c1-5-7-9-11-13-15-25-39(26-16-14-12-10-8-6-2)34-27-29(3)17-20-32(34)33-21-19-31(28-35(33)39)36-23-24-38(41-36)37-22-18-30(4)40-37;/h17-24,27-28H,5-16,25-26H2,1-4H3;1H4. The van der Waals surface area contributed by atoms with Gasteiger partial charge in [-0.05, 0) is 84.8 Å². The summed E-state index contributed by atoms with van der Waals surface area (Å²) in [5, 5.41) is 0. The Labute approximate surface area is 265 Å². The molecule has 0 aliphatic heterocycles. The van der Waals surface area contributed by atoms with E-state index < -0.39 is 0 Å². The van der Waals surface area contributed by atoms with Crippen LogP contribution >= 0.6 is 22.7 Å². The fourth-order valence-electron chi connectivity index (χ4n) is 7.03. The predicted molar refractivity (Wildman–Crippen MR) is 191 cm³/mol. The van der Waals surface area contributed by atoms with Gasteiger partial charge in [-0.3, -0.25) is 0 Å². The average Bonchev–Trinajstić information content (AvgIpc) is 3.70. The maximum Gasteiger partial charge on any atom is 0.0449 e. The molecule has 0 saturated carbocycles. The van der Waals surface area contributed by atoms with Crippen molar-refractivity contribution < 1.29 is 0 Å². The first kappa shape index (κ1) is 32.7. The summed E-state index contributed by atoms with van der Waals surface area (Å²) in [6.45, 7) is 9.13. The summed E-state index contributed by atoms with van der Waals surface area (Å²) in [7, 11) is 0. The maximum absolute atomic E-state index is 2.61. The number of unbranched alkanes of at least 4 members (excludes halogenated alkanes) is 10. The van der Waals surface area contributed by atoms with Crippen LogP contribution in [0, 0.1) is 13.8 Å². The lowest BCUT2D eigenvalue weighted by molar-refractivity contribution is 0.398. The first-order valence-corrected chi connectivity index (χ1v) is 18.1. The highest BCUT2D eigenvalue weighted by atomic mass is 32.1. The van der Waals surface area contributed by atoms with Crippen molar-refractivity contribution in [2.24, 2.45) is 0 Å². The van der Waals surface area contributed by atoms with Gasteiger partial charge in [0.25, 0.3) is 0 Å². The molecule has 2 aromatic heterocycles. The van der Waals surface area contributed by atoms with E-state index in [9.17, 15) is 0 Å². The van der Waals surface area contributed by atoms with E-state index in [1.165, 1.54) is 132 Å². The van der Waals surface area contributed by atoms with Crippen LogP contribution in [0.4, 0.5) is 0 Å². The molecule has 2 heteroatoms. The van der Waals surface area contributed by atoms with E-state index in [1.54, 1.807) is 11.1 Å². The monoisotopic (exact) mass is 598 g/mol. The topological polar surface area (TPSA) is 0 Å². The van der Waals surface area contributed by atoms with Crippen LogP contribution in [0.1, 0.15) is 133 Å². The zero-order valence-electron chi connectivity index (χ0n) is 26.0. The van der Waals surface area contributed by atoms with E-state index in [0.29, 0.717) is 0 Å². The van der Waals surface area contributed by atoms with E-state index >= 15 is 0 Å². The molecule has 0 nitrogen and oxygen atoms in total. The van der Waals surface area contributed by atoms with Crippen molar-refractivity contribution in [3.63, 3.8) is 0 Å². The largest absolute Gasteiger partial charge is 0.140 e. The number of thiophene rings is 2. The van der Waals surface area contributed by atoms with Crippen molar-refractivity contribution in [3.8, 4) is 31.3 Å². The molecule has 0 atom stereocenters. The summed E-state index contributed by atoms with van der Waals surface area (Å²) in [6.07, 6.45) is 18.9. The minimum Gasteiger partial charge on any atom is -0.140 e. The second-order valence-corrected chi connectivity index (χ2v) is 14.9. The molecule has 5 rings (SSSR count). The summed E-state index contributed by atoms with van der Waals surface area (Å²) >= 11 is 3.86. The minimum atomic E-state index is 0. The smallest absolute Gasteiger partial charge is 0.0449 e. The van der Waals surface area contributed by atoms with Crippen molar-refractivity contribution in [1.29, 1.82) is 0 Å². The molecule has 0 fully saturated rings. The van der Waals surface area contributed by atoms with Gasteiger partial charge in [0.15, 0.2) is 0 Å². The SMILES string of the molecule is C.CCCCCCCCC1(CCCCCCCC)c2cc(C)ccc2-c2ccc(-c3ccc(-c4ccc(C)s4)s3)cc21. The van der Waals surface area contributed by atoms with Crippen molar-refractivity contribution in [3.05, 3.63) is 82.2 Å². The van der Waals surface area contributed by atoms with Crippen LogP contribution in [0.3, 0.4) is 0 Å². The summed E-state index contributed by atoms with van der Waals surface area (Å²) in [5.41, 5.74) is 9.16. The van der Waals surface area contributed by atoms with Gasteiger partial charge >= 0.3 is 0 Å². The Hall–Kier alpha value is -2.16. The molecule has 4 aromatic rings. The number of fused-ring (bicyclic) bond motifs is 3. The molecule has 0 bridgehead atoms. The number of rotatable bonds is 16. The zero-order chi connectivity index (χ0) is 28.7. The highest BCUT2D eigenvalue weighted by molar-refractivity contribution is 7.23. The maximum atomic E-state index is 2.61. The van der Waals surface area contributed by atoms with E-state index in [4.69, 9.17) is 0 Å². The molecule has 42 heavy (non-hydrogen) atoms. The van der Waals surface area contributed by atoms with Crippen LogP contribution in [-0.4, -0.2) is 0 Å². The Kier molecular flexibility index (Phi) is 12.1. The number of benzene rings is 2. The third kappa shape index (κ3) is 7.31. The minimum absolute atomic E-state index is 0. The first-order chi connectivity index (χ1) is 20.1. The van der Waals surface area contributed by atoms with Crippen LogP contribution in [-0.2, 0) is 5.41 Å². The van der Waals surface area contributed by atoms with E-state index in [2.05, 4.69) is 88.4 Å². The summed E-state index contributed by atoms with van der Waals surface area (Å²) < 4.78 is 0. The normalized spacial score (nSPS) is 13.1. The van der Waals surface area contributed by atoms with Crippen LogP contribution in [0.5, 0.6) is 0 Å². The second kappa shape index (κ2) is 15.5. The predicted octanol–water partition coefficient (Wildman–Crippen LogP) is 14.2. The molecule has 0 unspecified atom stereocenters. The molecule has 2 heterocycles. The summed E-state index contributed by atoms with van der Waals surface area (Å²) in [6, 6.07) is 24.0. The fourth-order valence-corrected chi connectivity index (χ4v) is 8.99. The van der Waals surface area contributed by atoms with Crippen molar-refractivity contribution in [2.45, 2.75) is 130 Å². The highest BCUT2D eigenvalue weighted by Crippen LogP contribution is 2.55. The van der Waals surface area contributed by atoms with Gasteiger partial charge in [-0.25, -0.2) is 0 Å². The Morgan fingerprint density at radius 2 is 1.05 bits per heavy atom.